The first-order valence-electron chi connectivity index (χ1n) is 8.22. The molecule has 1 aliphatic carbocycles. The monoisotopic (exact) mass is 252 g/mol. The second kappa shape index (κ2) is 6.38. The van der Waals surface area contributed by atoms with E-state index in [1.807, 2.05) is 0 Å². The molecule has 0 aromatic heterocycles. The van der Waals surface area contributed by atoms with E-state index in [0.717, 1.165) is 12.0 Å². The summed E-state index contributed by atoms with van der Waals surface area (Å²) >= 11 is 0. The van der Waals surface area contributed by atoms with Gasteiger partial charge in [0.25, 0.3) is 0 Å². The molecule has 1 aliphatic heterocycles. The van der Waals surface area contributed by atoms with Gasteiger partial charge in [0.15, 0.2) is 0 Å². The number of rotatable bonds is 7. The van der Waals surface area contributed by atoms with Crippen LogP contribution in [-0.2, 0) is 0 Å². The van der Waals surface area contributed by atoms with Crippen LogP contribution in [-0.4, -0.2) is 36.1 Å². The van der Waals surface area contributed by atoms with Crippen LogP contribution in [0.3, 0.4) is 0 Å². The van der Waals surface area contributed by atoms with Crippen LogP contribution < -0.4 is 5.32 Å². The van der Waals surface area contributed by atoms with Crippen molar-refractivity contribution in [1.82, 2.24) is 10.2 Å². The minimum Gasteiger partial charge on any atom is -0.311 e. The van der Waals surface area contributed by atoms with Crippen molar-refractivity contribution in [3.8, 4) is 0 Å². The normalized spacial score (nSPS) is 28.5. The Labute approximate surface area is 114 Å². The van der Waals surface area contributed by atoms with Crippen LogP contribution in [0.15, 0.2) is 0 Å². The molecule has 2 rings (SSSR count). The summed E-state index contributed by atoms with van der Waals surface area (Å²) in [6.07, 6.45) is 9.66. The van der Waals surface area contributed by atoms with Crippen molar-refractivity contribution in [2.45, 2.75) is 77.3 Å². The summed E-state index contributed by atoms with van der Waals surface area (Å²) in [6.45, 7) is 10.9. The van der Waals surface area contributed by atoms with Gasteiger partial charge in [0.1, 0.15) is 0 Å². The van der Waals surface area contributed by atoms with E-state index >= 15 is 0 Å². The minimum atomic E-state index is 0.444. The minimum absolute atomic E-state index is 0.444. The first-order valence-corrected chi connectivity index (χ1v) is 8.22. The van der Waals surface area contributed by atoms with Gasteiger partial charge in [-0.1, -0.05) is 40.0 Å². The summed E-state index contributed by atoms with van der Waals surface area (Å²) in [5, 5.41) is 3.80. The van der Waals surface area contributed by atoms with Crippen molar-refractivity contribution < 1.29 is 0 Å². The van der Waals surface area contributed by atoms with Gasteiger partial charge in [0.05, 0.1) is 0 Å². The molecule has 106 valence electrons. The highest BCUT2D eigenvalue weighted by Gasteiger charge is 2.38. The van der Waals surface area contributed by atoms with E-state index in [9.17, 15) is 0 Å². The SMILES string of the molecule is CCCC1CN(CCC2CC2)C(CC)(CC)CN1. The Kier molecular flexibility index (Phi) is 5.08. The molecule has 1 N–H and O–H groups in total. The van der Waals surface area contributed by atoms with Crippen molar-refractivity contribution in [3.05, 3.63) is 0 Å². The van der Waals surface area contributed by atoms with Crippen LogP contribution in [0.5, 0.6) is 0 Å². The third-order valence-corrected chi connectivity index (χ3v) is 5.29. The molecule has 0 amide bonds. The first-order chi connectivity index (χ1) is 8.74. The molecular formula is C16H32N2. The van der Waals surface area contributed by atoms with Crippen molar-refractivity contribution in [1.29, 1.82) is 0 Å². The van der Waals surface area contributed by atoms with Gasteiger partial charge >= 0.3 is 0 Å². The van der Waals surface area contributed by atoms with Gasteiger partial charge in [-0.15, -0.1) is 0 Å². The number of hydrogen-bond donors (Lipinski definition) is 1. The summed E-state index contributed by atoms with van der Waals surface area (Å²) in [4.78, 5) is 2.84. The van der Waals surface area contributed by atoms with Crippen molar-refractivity contribution in [2.24, 2.45) is 5.92 Å². The third-order valence-electron chi connectivity index (χ3n) is 5.29. The highest BCUT2D eigenvalue weighted by Crippen LogP contribution is 2.35. The van der Waals surface area contributed by atoms with E-state index in [2.05, 4.69) is 31.0 Å². The molecule has 1 unspecified atom stereocenters. The zero-order chi connectivity index (χ0) is 13.0. The smallest absolute Gasteiger partial charge is 0.0329 e. The molecule has 2 fully saturated rings. The van der Waals surface area contributed by atoms with Crippen LogP contribution in [0.2, 0.25) is 0 Å². The van der Waals surface area contributed by atoms with Gasteiger partial charge in [-0.25, -0.2) is 0 Å². The fraction of sp³-hybridized carbons (Fsp3) is 1.00. The van der Waals surface area contributed by atoms with Gasteiger partial charge in [-0.05, 0) is 38.1 Å². The lowest BCUT2D eigenvalue weighted by Crippen LogP contribution is -2.64. The standard InChI is InChI=1S/C16H32N2/c1-4-7-15-12-18(11-10-14-8-9-14)16(5-2,6-3)13-17-15/h14-15,17H,4-13H2,1-3H3. The molecule has 0 spiro atoms. The van der Waals surface area contributed by atoms with Gasteiger partial charge < -0.3 is 5.32 Å². The molecule has 0 radical (unpaired) electrons. The molecule has 0 aromatic carbocycles. The predicted molar refractivity (Wildman–Crippen MR) is 78.9 cm³/mol. The van der Waals surface area contributed by atoms with E-state index in [1.54, 1.807) is 0 Å². The van der Waals surface area contributed by atoms with Gasteiger partial charge in [-0.3, -0.25) is 4.90 Å². The largest absolute Gasteiger partial charge is 0.311 e. The maximum absolute atomic E-state index is 3.80. The summed E-state index contributed by atoms with van der Waals surface area (Å²) in [6, 6.07) is 0.737. The second-order valence-corrected chi connectivity index (χ2v) is 6.48. The predicted octanol–water partition coefficient (Wildman–Crippen LogP) is 3.42. The lowest BCUT2D eigenvalue weighted by atomic mass is 9.86. The van der Waals surface area contributed by atoms with Crippen molar-refractivity contribution >= 4 is 0 Å². The van der Waals surface area contributed by atoms with E-state index in [0.29, 0.717) is 5.54 Å². The highest BCUT2D eigenvalue weighted by molar-refractivity contribution is 4.97. The summed E-state index contributed by atoms with van der Waals surface area (Å²) < 4.78 is 0. The molecule has 1 atom stereocenters. The van der Waals surface area contributed by atoms with Crippen LogP contribution in [0, 0.1) is 5.92 Å². The Bertz CT molecular complexity index is 243. The Morgan fingerprint density at radius 2 is 1.83 bits per heavy atom. The number of piperazine rings is 1. The van der Waals surface area contributed by atoms with Crippen molar-refractivity contribution in [3.63, 3.8) is 0 Å². The first kappa shape index (κ1) is 14.3. The maximum atomic E-state index is 3.80. The average Bonchev–Trinajstić information content (AvgIpc) is 3.21. The van der Waals surface area contributed by atoms with Gasteiger partial charge in [-0.2, -0.15) is 0 Å². The fourth-order valence-electron chi connectivity index (χ4n) is 3.53. The van der Waals surface area contributed by atoms with E-state index in [4.69, 9.17) is 0 Å². The summed E-state index contributed by atoms with van der Waals surface area (Å²) in [5.41, 5.74) is 0.444. The third kappa shape index (κ3) is 3.27. The molecule has 18 heavy (non-hydrogen) atoms. The van der Waals surface area contributed by atoms with Crippen molar-refractivity contribution in [2.75, 3.05) is 19.6 Å². The zero-order valence-electron chi connectivity index (χ0n) is 12.7. The van der Waals surface area contributed by atoms with Crippen LogP contribution in [0.1, 0.15) is 65.7 Å². The highest BCUT2D eigenvalue weighted by atomic mass is 15.3. The van der Waals surface area contributed by atoms with Crippen LogP contribution >= 0.6 is 0 Å². The molecule has 0 bridgehead atoms. The molecule has 1 saturated heterocycles. The second-order valence-electron chi connectivity index (χ2n) is 6.48. The summed E-state index contributed by atoms with van der Waals surface area (Å²) in [5.74, 6) is 1.07. The van der Waals surface area contributed by atoms with E-state index < -0.39 is 0 Å². The van der Waals surface area contributed by atoms with Crippen LogP contribution in [0.4, 0.5) is 0 Å². The number of nitrogens with one attached hydrogen (secondary N) is 1. The molecule has 0 aromatic rings. The number of hydrogen-bond acceptors (Lipinski definition) is 2. The summed E-state index contributed by atoms with van der Waals surface area (Å²) in [7, 11) is 0. The molecule has 1 heterocycles. The Morgan fingerprint density at radius 3 is 2.39 bits per heavy atom. The topological polar surface area (TPSA) is 15.3 Å². The molecular weight excluding hydrogens is 220 g/mol. The zero-order valence-corrected chi connectivity index (χ0v) is 12.7. The Balaban J connectivity index is 1.94. The maximum Gasteiger partial charge on any atom is 0.0329 e. The molecule has 2 aliphatic rings. The van der Waals surface area contributed by atoms with Crippen LogP contribution in [0.25, 0.3) is 0 Å². The van der Waals surface area contributed by atoms with Gasteiger partial charge in [0.2, 0.25) is 0 Å². The number of nitrogens with zero attached hydrogens (tertiary/aromatic N) is 1. The Morgan fingerprint density at radius 1 is 1.11 bits per heavy atom. The van der Waals surface area contributed by atoms with E-state index in [1.165, 1.54) is 64.6 Å². The van der Waals surface area contributed by atoms with Gasteiger partial charge in [0, 0.05) is 24.7 Å². The quantitative estimate of drug-likeness (QED) is 0.747. The lowest BCUT2D eigenvalue weighted by Gasteiger charge is -2.50. The molecule has 1 saturated carbocycles. The Hall–Kier alpha value is -0.0800. The lowest BCUT2D eigenvalue weighted by molar-refractivity contribution is 0.0277. The fourth-order valence-corrected chi connectivity index (χ4v) is 3.53. The molecule has 2 nitrogen and oxygen atoms in total. The molecule has 2 heteroatoms. The average molecular weight is 252 g/mol. The van der Waals surface area contributed by atoms with E-state index in [-0.39, 0.29) is 0 Å².